The number of aromatic nitrogens is 5. The molecule has 250 valence electrons. The van der Waals surface area contributed by atoms with Crippen LogP contribution in [-0.4, -0.2) is 24.5 Å². The summed E-state index contributed by atoms with van der Waals surface area (Å²) in [4.78, 5) is 21.7. The molecule has 0 aliphatic heterocycles. The second-order valence-corrected chi connectivity index (χ2v) is 12.3. The van der Waals surface area contributed by atoms with Crippen molar-refractivity contribution in [3.63, 3.8) is 0 Å². The maximum atomic E-state index is 10.1. The molecule has 11 heteroatoms. The SMILES string of the molecule is [C-]#[N+]c1cc(C#N)ccc1-c1ccc2c3ccc(-c4ccc(C#N)cc4C#N)cc3n(-c3ccc(-c4ncc(C#N)cn4)cc3-c3ncc(C#N)cn3)c2c1. The van der Waals surface area contributed by atoms with E-state index in [1.54, 1.807) is 36.4 Å². The molecule has 8 aromatic rings. The summed E-state index contributed by atoms with van der Waals surface area (Å²) in [6, 6.07) is 38.1. The largest absolute Gasteiger partial charge is 0.308 e. The first-order valence-electron chi connectivity index (χ1n) is 16.5. The van der Waals surface area contributed by atoms with Gasteiger partial charge in [-0.3, -0.25) is 0 Å². The van der Waals surface area contributed by atoms with Crippen molar-refractivity contribution in [2.75, 3.05) is 0 Å². The van der Waals surface area contributed by atoms with E-state index in [1.165, 1.54) is 24.8 Å². The molecule has 55 heavy (non-hydrogen) atoms. The standard InChI is InChI=1S/C44H19N11/c1-50-39-13-27(18-46)3-8-35(39)31-5-10-37-36-9-4-30(34-7-2-26(17-45)12-33(34)21-49)15-41(36)55(42(37)16-31)40-11-6-32(43-51-22-28(19-47)23-52-43)14-38(40)44-53-24-29(20-48)25-54-44/h2-16,22-25H. The monoisotopic (exact) mass is 701 g/mol. The molecule has 0 saturated heterocycles. The number of nitrogens with zero attached hydrogens (tertiary/aromatic N) is 11. The quantitative estimate of drug-likeness (QED) is 0.158. The molecule has 0 bridgehead atoms. The van der Waals surface area contributed by atoms with Gasteiger partial charge in [0.25, 0.3) is 0 Å². The highest BCUT2D eigenvalue weighted by atomic mass is 15.0. The molecule has 0 atom stereocenters. The predicted octanol–water partition coefficient (Wildman–Crippen LogP) is 8.94. The second-order valence-electron chi connectivity index (χ2n) is 12.3. The predicted molar refractivity (Wildman–Crippen MR) is 204 cm³/mol. The van der Waals surface area contributed by atoms with E-state index in [9.17, 15) is 26.3 Å². The average molecular weight is 702 g/mol. The van der Waals surface area contributed by atoms with E-state index >= 15 is 0 Å². The summed E-state index contributed by atoms with van der Waals surface area (Å²) >= 11 is 0. The van der Waals surface area contributed by atoms with Crippen molar-refractivity contribution in [3.05, 3.63) is 155 Å². The van der Waals surface area contributed by atoms with E-state index in [-0.39, 0.29) is 5.56 Å². The lowest BCUT2D eigenvalue weighted by Gasteiger charge is -2.16. The Morgan fingerprint density at radius 1 is 0.473 bits per heavy atom. The molecule has 11 nitrogen and oxygen atoms in total. The smallest absolute Gasteiger partial charge is 0.196 e. The minimum atomic E-state index is 0.289. The topological polar surface area (TPSA) is 180 Å². The van der Waals surface area contributed by atoms with Gasteiger partial charge in [0, 0.05) is 52.3 Å². The summed E-state index contributed by atoms with van der Waals surface area (Å²) in [5, 5.41) is 49.7. The van der Waals surface area contributed by atoms with Crippen LogP contribution in [0.2, 0.25) is 0 Å². The summed E-state index contributed by atoms with van der Waals surface area (Å²) in [6.07, 6.45) is 5.79. The fourth-order valence-corrected chi connectivity index (χ4v) is 6.62. The molecule has 0 N–H and O–H groups in total. The van der Waals surface area contributed by atoms with Crippen molar-refractivity contribution in [1.82, 2.24) is 24.5 Å². The van der Waals surface area contributed by atoms with Crippen molar-refractivity contribution < 1.29 is 0 Å². The molecule has 0 radical (unpaired) electrons. The zero-order chi connectivity index (χ0) is 38.1. The van der Waals surface area contributed by atoms with Gasteiger partial charge in [0.1, 0.15) is 12.1 Å². The van der Waals surface area contributed by atoms with Gasteiger partial charge in [-0.2, -0.15) is 26.3 Å². The highest BCUT2D eigenvalue weighted by Crippen LogP contribution is 2.41. The Morgan fingerprint density at radius 2 is 1.00 bits per heavy atom. The van der Waals surface area contributed by atoms with Crippen LogP contribution < -0.4 is 0 Å². The van der Waals surface area contributed by atoms with E-state index in [0.29, 0.717) is 67.5 Å². The van der Waals surface area contributed by atoms with Crippen LogP contribution in [0.3, 0.4) is 0 Å². The van der Waals surface area contributed by atoms with E-state index in [1.807, 2.05) is 60.7 Å². The first-order valence-corrected chi connectivity index (χ1v) is 16.5. The first-order chi connectivity index (χ1) is 27.0. The summed E-state index contributed by atoms with van der Waals surface area (Å²) < 4.78 is 2.06. The van der Waals surface area contributed by atoms with Gasteiger partial charge < -0.3 is 4.57 Å². The van der Waals surface area contributed by atoms with E-state index < -0.39 is 0 Å². The summed E-state index contributed by atoms with van der Waals surface area (Å²) in [7, 11) is 0. The van der Waals surface area contributed by atoms with Gasteiger partial charge in [0.2, 0.25) is 0 Å². The minimum Gasteiger partial charge on any atom is -0.308 e. The molecule has 5 aromatic carbocycles. The number of fused-ring (bicyclic) bond motifs is 3. The molecule has 0 spiro atoms. The second kappa shape index (κ2) is 13.6. The zero-order valence-corrected chi connectivity index (χ0v) is 28.4. The highest BCUT2D eigenvalue weighted by Gasteiger charge is 2.21. The van der Waals surface area contributed by atoms with Crippen LogP contribution in [0.4, 0.5) is 5.69 Å². The van der Waals surface area contributed by atoms with Crippen LogP contribution in [0, 0.1) is 63.2 Å². The van der Waals surface area contributed by atoms with Crippen molar-refractivity contribution in [3.8, 4) is 81.1 Å². The maximum Gasteiger partial charge on any atom is 0.196 e. The summed E-state index contributed by atoms with van der Waals surface area (Å²) in [5.41, 5.74) is 8.33. The third-order valence-corrected chi connectivity index (χ3v) is 9.20. The van der Waals surface area contributed by atoms with E-state index in [4.69, 9.17) is 6.57 Å². The minimum absolute atomic E-state index is 0.289. The van der Waals surface area contributed by atoms with Gasteiger partial charge >= 0.3 is 0 Å². The molecular weight excluding hydrogens is 683 g/mol. The number of rotatable bonds is 5. The fraction of sp³-hybridized carbons (Fsp3) is 0. The third kappa shape index (κ3) is 5.78. The normalized spacial score (nSPS) is 10.4. The molecule has 0 unspecified atom stereocenters. The molecule has 0 fully saturated rings. The Kier molecular flexibility index (Phi) is 8.21. The Morgan fingerprint density at radius 3 is 1.56 bits per heavy atom. The fourth-order valence-electron chi connectivity index (χ4n) is 6.62. The van der Waals surface area contributed by atoms with Crippen LogP contribution >= 0.6 is 0 Å². The molecule has 0 amide bonds. The maximum absolute atomic E-state index is 10.1. The van der Waals surface area contributed by atoms with Crippen LogP contribution in [0.15, 0.2) is 116 Å². The summed E-state index contributed by atoms with van der Waals surface area (Å²) in [5.74, 6) is 0.706. The van der Waals surface area contributed by atoms with Gasteiger partial charge in [-0.05, 0) is 76.9 Å². The van der Waals surface area contributed by atoms with Gasteiger partial charge in [-0.25, -0.2) is 24.8 Å². The lowest BCUT2D eigenvalue weighted by molar-refractivity contribution is 1.12. The van der Waals surface area contributed by atoms with Gasteiger partial charge in [-0.15, -0.1) is 0 Å². The van der Waals surface area contributed by atoms with Crippen LogP contribution in [0.1, 0.15) is 27.8 Å². The van der Waals surface area contributed by atoms with Gasteiger partial charge in [-0.1, -0.05) is 36.4 Å². The van der Waals surface area contributed by atoms with E-state index in [0.717, 1.165) is 32.9 Å². The third-order valence-electron chi connectivity index (χ3n) is 9.20. The van der Waals surface area contributed by atoms with Crippen LogP contribution in [-0.2, 0) is 0 Å². The lowest BCUT2D eigenvalue weighted by Crippen LogP contribution is -2.01. The lowest BCUT2D eigenvalue weighted by atomic mass is 9.97. The average Bonchev–Trinajstić information content (AvgIpc) is 3.58. The van der Waals surface area contributed by atoms with Crippen LogP contribution in [0.5, 0.6) is 0 Å². The molecule has 8 rings (SSSR count). The van der Waals surface area contributed by atoms with Crippen LogP contribution in [0.25, 0.3) is 77.4 Å². The molecule has 3 aromatic heterocycles. The van der Waals surface area contributed by atoms with Crippen molar-refractivity contribution in [2.45, 2.75) is 0 Å². The number of benzene rings is 5. The Hall–Kier alpha value is -9.00. The Balaban J connectivity index is 1.46. The van der Waals surface area contributed by atoms with E-state index in [2.05, 4.69) is 53.6 Å². The number of hydrogen-bond donors (Lipinski definition) is 0. The van der Waals surface area contributed by atoms with Gasteiger partial charge in [0.05, 0.1) is 63.8 Å². The first kappa shape index (κ1) is 33.2. The number of nitriles is 5. The van der Waals surface area contributed by atoms with Crippen molar-refractivity contribution >= 4 is 27.5 Å². The molecular formula is C44H19N11. The molecule has 0 aliphatic carbocycles. The zero-order valence-electron chi connectivity index (χ0n) is 28.4. The summed E-state index contributed by atoms with van der Waals surface area (Å²) in [6.45, 7) is 7.87. The van der Waals surface area contributed by atoms with Crippen molar-refractivity contribution in [2.24, 2.45) is 0 Å². The molecule has 0 aliphatic rings. The highest BCUT2D eigenvalue weighted by molar-refractivity contribution is 6.12. The molecule has 0 saturated carbocycles. The Labute approximate surface area is 313 Å². The number of hydrogen-bond acceptors (Lipinski definition) is 9. The Bertz CT molecular complexity index is 3020. The molecule has 3 heterocycles. The van der Waals surface area contributed by atoms with Gasteiger partial charge in [0.15, 0.2) is 17.3 Å². The van der Waals surface area contributed by atoms with Crippen molar-refractivity contribution in [1.29, 1.82) is 26.3 Å².